The van der Waals surface area contributed by atoms with E-state index in [1.165, 1.54) is 6.42 Å². The first-order valence-electron chi connectivity index (χ1n) is 3.77. The van der Waals surface area contributed by atoms with Crippen LogP contribution in [0.5, 0.6) is 0 Å². The molecule has 0 bridgehead atoms. The Labute approximate surface area is 63.8 Å². The van der Waals surface area contributed by atoms with Crippen LogP contribution in [0.2, 0.25) is 11.1 Å². The van der Waals surface area contributed by atoms with Crippen LogP contribution in [0.3, 0.4) is 0 Å². The summed E-state index contributed by atoms with van der Waals surface area (Å²) in [5.41, 5.74) is 1.36. The van der Waals surface area contributed by atoms with Crippen molar-refractivity contribution in [1.82, 2.24) is 0 Å². The van der Waals surface area contributed by atoms with Crippen molar-refractivity contribution < 1.29 is 8.85 Å². The molecule has 0 aromatic rings. The van der Waals surface area contributed by atoms with Gasteiger partial charge in [-0.3, -0.25) is 0 Å². The molecular weight excluding hydrogens is 144 g/mol. The van der Waals surface area contributed by atoms with Gasteiger partial charge in [0.05, 0.1) is 0 Å². The lowest BCUT2D eigenvalue weighted by Gasteiger charge is -2.47. The zero-order valence-corrected chi connectivity index (χ0v) is 8.18. The van der Waals surface area contributed by atoms with Gasteiger partial charge in [0.1, 0.15) is 0 Å². The molecule has 1 fully saturated rings. The molecule has 3 heteroatoms. The van der Waals surface area contributed by atoms with Crippen molar-refractivity contribution >= 4 is 8.56 Å². The Morgan fingerprint density at radius 2 is 1.50 bits per heavy atom. The summed E-state index contributed by atoms with van der Waals surface area (Å²) in [6.07, 6.45) is 1.27. The Balaban J connectivity index is 2.61. The Morgan fingerprint density at radius 1 is 1.10 bits per heavy atom. The predicted molar refractivity (Wildman–Crippen MR) is 43.2 cm³/mol. The van der Waals surface area contributed by atoms with E-state index in [4.69, 9.17) is 8.85 Å². The lowest BCUT2D eigenvalue weighted by atomic mass is 10.2. The highest BCUT2D eigenvalue weighted by atomic mass is 28.4. The zero-order chi connectivity index (χ0) is 7.78. The SMILES string of the molecule is CO[Si]1(OC)C(C)CC1C. The highest BCUT2D eigenvalue weighted by Gasteiger charge is 2.56. The molecule has 0 aliphatic carbocycles. The Kier molecular flexibility index (Phi) is 2.17. The van der Waals surface area contributed by atoms with E-state index in [9.17, 15) is 0 Å². The Hall–Kier alpha value is 0.137. The topological polar surface area (TPSA) is 18.5 Å². The van der Waals surface area contributed by atoms with Gasteiger partial charge in [-0.2, -0.15) is 0 Å². The second-order valence-corrected chi connectivity index (χ2v) is 7.40. The summed E-state index contributed by atoms with van der Waals surface area (Å²) in [7, 11) is 1.86. The van der Waals surface area contributed by atoms with Crippen molar-refractivity contribution in [2.24, 2.45) is 0 Å². The summed E-state index contributed by atoms with van der Waals surface area (Å²) in [6.45, 7) is 4.44. The summed E-state index contributed by atoms with van der Waals surface area (Å²) in [4.78, 5) is 0. The Bertz CT molecular complexity index is 113. The van der Waals surface area contributed by atoms with Crippen LogP contribution < -0.4 is 0 Å². The molecule has 0 spiro atoms. The van der Waals surface area contributed by atoms with Crippen LogP contribution >= 0.6 is 0 Å². The van der Waals surface area contributed by atoms with E-state index in [-0.39, 0.29) is 0 Å². The molecule has 10 heavy (non-hydrogen) atoms. The van der Waals surface area contributed by atoms with Gasteiger partial charge in [-0.05, 0) is 6.42 Å². The fourth-order valence-electron chi connectivity index (χ4n) is 2.07. The monoisotopic (exact) mass is 160 g/mol. The summed E-state index contributed by atoms with van der Waals surface area (Å²) in [5.74, 6) is 0. The van der Waals surface area contributed by atoms with Crippen LogP contribution in [0.4, 0.5) is 0 Å². The molecule has 60 valence electrons. The van der Waals surface area contributed by atoms with Crippen molar-refractivity contribution in [3.8, 4) is 0 Å². The van der Waals surface area contributed by atoms with E-state index < -0.39 is 8.56 Å². The molecule has 0 amide bonds. The third-order valence-corrected chi connectivity index (χ3v) is 7.21. The quantitative estimate of drug-likeness (QED) is 0.574. The number of rotatable bonds is 2. The summed E-state index contributed by atoms with van der Waals surface area (Å²) < 4.78 is 10.9. The molecule has 0 saturated carbocycles. The van der Waals surface area contributed by atoms with Gasteiger partial charge in [-0.1, -0.05) is 13.8 Å². The molecule has 2 nitrogen and oxygen atoms in total. The molecule has 1 rings (SSSR count). The van der Waals surface area contributed by atoms with Crippen LogP contribution in [-0.4, -0.2) is 22.8 Å². The largest absolute Gasteiger partial charge is 0.397 e. The number of hydrogen-bond donors (Lipinski definition) is 0. The van der Waals surface area contributed by atoms with Gasteiger partial charge in [-0.15, -0.1) is 0 Å². The van der Waals surface area contributed by atoms with E-state index in [0.717, 1.165) is 0 Å². The smallest absolute Gasteiger partial charge is 0.343 e. The van der Waals surface area contributed by atoms with Gasteiger partial charge in [0.2, 0.25) is 0 Å². The summed E-state index contributed by atoms with van der Waals surface area (Å²) in [5, 5.41) is 0. The van der Waals surface area contributed by atoms with E-state index >= 15 is 0 Å². The molecule has 1 aliphatic rings. The summed E-state index contributed by atoms with van der Waals surface area (Å²) in [6, 6.07) is 0. The lowest BCUT2D eigenvalue weighted by Crippen LogP contribution is -2.55. The highest BCUT2D eigenvalue weighted by Crippen LogP contribution is 2.51. The van der Waals surface area contributed by atoms with Gasteiger partial charge in [0.15, 0.2) is 0 Å². The molecule has 0 aromatic heterocycles. The summed E-state index contributed by atoms with van der Waals surface area (Å²) >= 11 is 0. The molecule has 2 atom stereocenters. The van der Waals surface area contributed by atoms with Crippen molar-refractivity contribution in [3.05, 3.63) is 0 Å². The highest BCUT2D eigenvalue weighted by molar-refractivity contribution is 6.73. The van der Waals surface area contributed by atoms with Crippen molar-refractivity contribution in [2.45, 2.75) is 31.4 Å². The predicted octanol–water partition coefficient (Wildman–Crippen LogP) is 1.91. The minimum atomic E-state index is -1.70. The minimum absolute atomic E-state index is 0.678. The van der Waals surface area contributed by atoms with Gasteiger partial charge in [0.25, 0.3) is 0 Å². The van der Waals surface area contributed by atoms with Gasteiger partial charge < -0.3 is 8.85 Å². The maximum absolute atomic E-state index is 5.46. The average Bonchev–Trinajstić information content (AvgIpc) is 1.91. The second kappa shape index (κ2) is 2.64. The van der Waals surface area contributed by atoms with Gasteiger partial charge in [0, 0.05) is 25.3 Å². The molecular formula is C7H16O2Si. The fraction of sp³-hybridized carbons (Fsp3) is 1.00. The molecule has 0 aromatic carbocycles. The molecule has 1 aliphatic heterocycles. The van der Waals surface area contributed by atoms with E-state index in [0.29, 0.717) is 11.1 Å². The van der Waals surface area contributed by atoms with E-state index in [1.54, 1.807) is 14.2 Å². The van der Waals surface area contributed by atoms with E-state index in [1.807, 2.05) is 0 Å². The van der Waals surface area contributed by atoms with E-state index in [2.05, 4.69) is 13.8 Å². The third-order valence-electron chi connectivity index (χ3n) is 2.72. The minimum Gasteiger partial charge on any atom is -0.397 e. The zero-order valence-electron chi connectivity index (χ0n) is 7.18. The molecule has 1 heterocycles. The van der Waals surface area contributed by atoms with Crippen LogP contribution in [0.1, 0.15) is 20.3 Å². The maximum atomic E-state index is 5.46. The van der Waals surface area contributed by atoms with Crippen molar-refractivity contribution in [2.75, 3.05) is 14.2 Å². The van der Waals surface area contributed by atoms with Crippen LogP contribution in [-0.2, 0) is 8.85 Å². The maximum Gasteiger partial charge on any atom is 0.343 e. The van der Waals surface area contributed by atoms with Crippen LogP contribution in [0, 0.1) is 0 Å². The fourth-order valence-corrected chi connectivity index (χ4v) is 5.75. The van der Waals surface area contributed by atoms with Crippen LogP contribution in [0.15, 0.2) is 0 Å². The Morgan fingerprint density at radius 3 is 1.60 bits per heavy atom. The molecule has 1 saturated heterocycles. The number of hydrogen-bond acceptors (Lipinski definition) is 2. The first-order valence-corrected chi connectivity index (χ1v) is 5.74. The second-order valence-electron chi connectivity index (χ2n) is 3.17. The lowest BCUT2D eigenvalue weighted by molar-refractivity contribution is 0.186. The molecule has 2 unspecified atom stereocenters. The first kappa shape index (κ1) is 8.24. The molecule has 0 N–H and O–H groups in total. The van der Waals surface area contributed by atoms with Crippen molar-refractivity contribution in [1.29, 1.82) is 0 Å². The molecule has 0 radical (unpaired) electrons. The first-order chi connectivity index (χ1) is 4.67. The standard InChI is InChI=1S/C7H16O2Si/c1-6-5-7(2)10(6,8-3)9-4/h6-7H,5H2,1-4H3. The normalized spacial score (nSPS) is 37.2. The van der Waals surface area contributed by atoms with Gasteiger partial charge in [-0.25, -0.2) is 0 Å². The third kappa shape index (κ3) is 0.846. The van der Waals surface area contributed by atoms with Gasteiger partial charge >= 0.3 is 8.56 Å². The average molecular weight is 160 g/mol. The van der Waals surface area contributed by atoms with Crippen molar-refractivity contribution in [3.63, 3.8) is 0 Å². The van der Waals surface area contributed by atoms with Crippen LogP contribution in [0.25, 0.3) is 0 Å².